The van der Waals surface area contributed by atoms with E-state index in [1.807, 2.05) is 48.5 Å². The molecule has 35 heavy (non-hydrogen) atoms. The molecule has 8 heteroatoms. The van der Waals surface area contributed by atoms with E-state index < -0.39 is 0 Å². The van der Waals surface area contributed by atoms with Crippen molar-refractivity contribution in [1.82, 2.24) is 20.1 Å². The SMILES string of the molecule is COC(=O)[C@@H]1C[C@H](NC(=O)c2[nH]c3ccc(Cl)cc3c2-c2ccccc2)CN1C1CCN(C)CC1. The van der Waals surface area contributed by atoms with E-state index in [0.717, 1.165) is 48.0 Å². The van der Waals surface area contributed by atoms with Gasteiger partial charge in [0.15, 0.2) is 0 Å². The van der Waals surface area contributed by atoms with E-state index in [4.69, 9.17) is 16.3 Å². The van der Waals surface area contributed by atoms with Crippen LogP contribution < -0.4 is 5.32 Å². The molecule has 0 spiro atoms. The molecule has 0 aliphatic carbocycles. The summed E-state index contributed by atoms with van der Waals surface area (Å²) in [6.07, 6.45) is 2.55. The van der Waals surface area contributed by atoms with Crippen molar-refractivity contribution in [2.45, 2.75) is 37.4 Å². The second-order valence-electron chi connectivity index (χ2n) is 9.61. The van der Waals surface area contributed by atoms with Crippen LogP contribution in [0.1, 0.15) is 29.8 Å². The molecule has 2 aromatic carbocycles. The van der Waals surface area contributed by atoms with Crippen LogP contribution in [-0.2, 0) is 9.53 Å². The molecular weight excluding hydrogens is 464 g/mol. The smallest absolute Gasteiger partial charge is 0.323 e. The summed E-state index contributed by atoms with van der Waals surface area (Å²) in [5.41, 5.74) is 3.12. The molecule has 184 valence electrons. The van der Waals surface area contributed by atoms with E-state index in [9.17, 15) is 9.59 Å². The van der Waals surface area contributed by atoms with Crippen molar-refractivity contribution in [2.24, 2.45) is 0 Å². The first-order chi connectivity index (χ1) is 16.9. The largest absolute Gasteiger partial charge is 0.468 e. The maximum absolute atomic E-state index is 13.6. The number of nitrogens with zero attached hydrogens (tertiary/aromatic N) is 2. The molecule has 1 amide bonds. The Hall–Kier alpha value is -2.87. The molecule has 3 aromatic rings. The molecule has 0 unspecified atom stereocenters. The van der Waals surface area contributed by atoms with Crippen LogP contribution in [0.2, 0.25) is 5.02 Å². The number of hydrogen-bond donors (Lipinski definition) is 2. The second-order valence-corrected chi connectivity index (χ2v) is 10.0. The van der Waals surface area contributed by atoms with Gasteiger partial charge in [0.1, 0.15) is 11.7 Å². The fourth-order valence-corrected chi connectivity index (χ4v) is 5.73. The van der Waals surface area contributed by atoms with Crippen LogP contribution in [0.25, 0.3) is 22.0 Å². The van der Waals surface area contributed by atoms with Gasteiger partial charge in [-0.05, 0) is 63.2 Å². The second kappa shape index (κ2) is 10.0. The number of H-pyrrole nitrogens is 1. The van der Waals surface area contributed by atoms with E-state index in [1.165, 1.54) is 7.11 Å². The predicted octanol–water partition coefficient (Wildman–Crippen LogP) is 3.93. The number of fused-ring (bicyclic) bond motifs is 1. The average Bonchev–Trinajstić information content (AvgIpc) is 3.46. The van der Waals surface area contributed by atoms with Gasteiger partial charge in [-0.1, -0.05) is 41.9 Å². The number of amides is 1. The zero-order valence-corrected chi connectivity index (χ0v) is 20.8. The maximum Gasteiger partial charge on any atom is 0.323 e. The number of rotatable bonds is 5. The molecule has 0 bridgehead atoms. The first-order valence-electron chi connectivity index (χ1n) is 12.1. The van der Waals surface area contributed by atoms with Gasteiger partial charge < -0.3 is 19.9 Å². The van der Waals surface area contributed by atoms with Crippen LogP contribution in [0.3, 0.4) is 0 Å². The number of aromatic amines is 1. The van der Waals surface area contributed by atoms with Crippen LogP contribution in [0.5, 0.6) is 0 Å². The Balaban J connectivity index is 1.41. The molecule has 2 N–H and O–H groups in total. The Labute approximate surface area is 210 Å². The normalized spacial score (nSPS) is 21.9. The Kier molecular flexibility index (Phi) is 6.82. The monoisotopic (exact) mass is 494 g/mol. The first kappa shape index (κ1) is 23.9. The summed E-state index contributed by atoms with van der Waals surface area (Å²) in [6.45, 7) is 2.64. The van der Waals surface area contributed by atoms with Crippen molar-refractivity contribution in [3.05, 3.63) is 59.2 Å². The number of carbonyl (C=O) groups is 2. The van der Waals surface area contributed by atoms with Crippen molar-refractivity contribution in [2.75, 3.05) is 33.8 Å². The van der Waals surface area contributed by atoms with Crippen LogP contribution >= 0.6 is 11.6 Å². The Morgan fingerprint density at radius 2 is 1.86 bits per heavy atom. The summed E-state index contributed by atoms with van der Waals surface area (Å²) in [5.74, 6) is -0.416. The maximum atomic E-state index is 13.6. The summed E-state index contributed by atoms with van der Waals surface area (Å²) < 4.78 is 5.12. The number of methoxy groups -OCH3 is 1. The molecular formula is C27H31ClN4O3. The van der Waals surface area contributed by atoms with Gasteiger partial charge in [-0.3, -0.25) is 14.5 Å². The van der Waals surface area contributed by atoms with Crippen LogP contribution in [0.15, 0.2) is 48.5 Å². The molecule has 2 aliphatic rings. The number of ether oxygens (including phenoxy) is 1. The number of esters is 1. The number of carbonyl (C=O) groups excluding carboxylic acids is 2. The van der Waals surface area contributed by atoms with Gasteiger partial charge in [0.25, 0.3) is 5.91 Å². The molecule has 7 nitrogen and oxygen atoms in total. The molecule has 1 aromatic heterocycles. The van der Waals surface area contributed by atoms with Gasteiger partial charge >= 0.3 is 5.97 Å². The van der Waals surface area contributed by atoms with Gasteiger partial charge in [-0.15, -0.1) is 0 Å². The lowest BCUT2D eigenvalue weighted by atomic mass is 10.0. The van der Waals surface area contributed by atoms with Gasteiger partial charge in [0.05, 0.1) is 7.11 Å². The lowest BCUT2D eigenvalue weighted by molar-refractivity contribution is -0.147. The highest BCUT2D eigenvalue weighted by Gasteiger charge is 2.42. The molecule has 5 rings (SSSR count). The van der Waals surface area contributed by atoms with Crippen molar-refractivity contribution >= 4 is 34.4 Å². The van der Waals surface area contributed by atoms with Crippen molar-refractivity contribution in [3.63, 3.8) is 0 Å². The predicted molar refractivity (Wildman–Crippen MR) is 138 cm³/mol. The Morgan fingerprint density at radius 3 is 2.57 bits per heavy atom. The minimum Gasteiger partial charge on any atom is -0.468 e. The van der Waals surface area contributed by atoms with Gasteiger partial charge in [0, 0.05) is 40.1 Å². The number of nitrogens with one attached hydrogen (secondary N) is 2. The van der Waals surface area contributed by atoms with Gasteiger partial charge in [0.2, 0.25) is 0 Å². The fourth-order valence-electron chi connectivity index (χ4n) is 5.56. The Bertz CT molecular complexity index is 1220. The number of likely N-dealkylation sites (tertiary alicyclic amines) is 2. The highest BCUT2D eigenvalue weighted by Crippen LogP contribution is 2.34. The topological polar surface area (TPSA) is 77.7 Å². The minimum atomic E-state index is -0.339. The number of piperidine rings is 1. The van der Waals surface area contributed by atoms with Crippen LogP contribution in [0.4, 0.5) is 0 Å². The molecule has 3 heterocycles. The van der Waals surface area contributed by atoms with E-state index >= 15 is 0 Å². The van der Waals surface area contributed by atoms with E-state index in [0.29, 0.717) is 29.7 Å². The Morgan fingerprint density at radius 1 is 1.11 bits per heavy atom. The first-order valence-corrected chi connectivity index (χ1v) is 12.5. The van der Waals surface area contributed by atoms with Crippen molar-refractivity contribution in [3.8, 4) is 11.1 Å². The summed E-state index contributed by atoms with van der Waals surface area (Å²) in [4.78, 5) is 34.1. The molecule has 2 saturated heterocycles. The summed E-state index contributed by atoms with van der Waals surface area (Å²) in [5, 5.41) is 4.72. The van der Waals surface area contributed by atoms with Gasteiger partial charge in [-0.25, -0.2) is 0 Å². The fraction of sp³-hybridized carbons (Fsp3) is 0.407. The molecule has 0 radical (unpaired) electrons. The van der Waals surface area contributed by atoms with Crippen molar-refractivity contribution in [1.29, 1.82) is 0 Å². The third-order valence-electron chi connectivity index (χ3n) is 7.36. The quantitative estimate of drug-likeness (QED) is 0.525. The minimum absolute atomic E-state index is 0.148. The lowest BCUT2D eigenvalue weighted by Gasteiger charge is -2.37. The lowest BCUT2D eigenvalue weighted by Crippen LogP contribution is -2.49. The van der Waals surface area contributed by atoms with E-state index in [2.05, 4.69) is 27.1 Å². The van der Waals surface area contributed by atoms with Crippen molar-refractivity contribution < 1.29 is 14.3 Å². The number of aromatic nitrogens is 1. The zero-order valence-electron chi connectivity index (χ0n) is 20.1. The third kappa shape index (κ3) is 4.81. The third-order valence-corrected chi connectivity index (χ3v) is 7.59. The number of hydrogen-bond acceptors (Lipinski definition) is 5. The summed E-state index contributed by atoms with van der Waals surface area (Å²) in [6, 6.07) is 15.3. The number of benzene rings is 2. The highest BCUT2D eigenvalue weighted by molar-refractivity contribution is 6.31. The summed E-state index contributed by atoms with van der Waals surface area (Å²) >= 11 is 6.30. The average molecular weight is 495 g/mol. The standard InChI is InChI=1S/C27H31ClN4O3/c1-31-12-10-20(11-13-31)32-16-19(15-23(32)27(34)35-2)29-26(33)25-24(17-6-4-3-5-7-17)21-14-18(28)8-9-22(21)30-25/h3-9,14,19-20,23,30H,10-13,15-16H2,1-2H3,(H,29,33)/t19-,23-/m0/s1. The zero-order chi connectivity index (χ0) is 24.5. The number of halogens is 1. The van der Waals surface area contributed by atoms with Gasteiger partial charge in [-0.2, -0.15) is 0 Å². The molecule has 2 fully saturated rings. The van der Waals surface area contributed by atoms with Crippen LogP contribution in [-0.4, -0.2) is 78.6 Å². The molecule has 2 atom stereocenters. The molecule has 2 aliphatic heterocycles. The van der Waals surface area contributed by atoms with E-state index in [1.54, 1.807) is 0 Å². The highest BCUT2D eigenvalue weighted by atomic mass is 35.5. The summed E-state index contributed by atoms with van der Waals surface area (Å²) in [7, 11) is 3.56. The molecule has 0 saturated carbocycles. The van der Waals surface area contributed by atoms with E-state index in [-0.39, 0.29) is 24.0 Å². The van der Waals surface area contributed by atoms with Crippen LogP contribution in [0, 0.1) is 0 Å².